The molecule has 2 aromatic carbocycles. The average molecular weight is 359 g/mol. The fourth-order valence-corrected chi connectivity index (χ4v) is 2.91. The molecule has 1 atom stereocenters. The van der Waals surface area contributed by atoms with Crippen LogP contribution in [0.15, 0.2) is 48.5 Å². The molecular formula is C19H19ClN2O3. The monoisotopic (exact) mass is 358 g/mol. The normalized spacial score (nSPS) is 16.4. The Kier molecular flexibility index (Phi) is 5.68. The number of carbonyl (C=O) groups is 2. The van der Waals surface area contributed by atoms with E-state index in [1.54, 1.807) is 48.5 Å². The smallest absolute Gasteiger partial charge is 0.255 e. The number of hydrogen-bond acceptors (Lipinski definition) is 3. The number of halogens is 1. The zero-order valence-corrected chi connectivity index (χ0v) is 14.4. The first-order chi connectivity index (χ1) is 12.1. The second-order valence-electron chi connectivity index (χ2n) is 5.86. The van der Waals surface area contributed by atoms with E-state index in [1.165, 1.54) is 0 Å². The van der Waals surface area contributed by atoms with Gasteiger partial charge in [0.05, 0.1) is 17.4 Å². The van der Waals surface area contributed by atoms with E-state index < -0.39 is 0 Å². The first-order valence-electron chi connectivity index (χ1n) is 8.19. The second-order valence-corrected chi connectivity index (χ2v) is 6.29. The molecule has 130 valence electrons. The van der Waals surface area contributed by atoms with Gasteiger partial charge >= 0.3 is 0 Å². The third-order valence-corrected chi connectivity index (χ3v) is 4.26. The van der Waals surface area contributed by atoms with E-state index in [0.29, 0.717) is 28.4 Å². The molecule has 2 amide bonds. The van der Waals surface area contributed by atoms with Crippen LogP contribution in [0.4, 0.5) is 5.69 Å². The third-order valence-electron chi connectivity index (χ3n) is 4.02. The Hall–Kier alpha value is -2.37. The third kappa shape index (κ3) is 4.59. The van der Waals surface area contributed by atoms with Gasteiger partial charge in [-0.1, -0.05) is 29.8 Å². The van der Waals surface area contributed by atoms with Crippen LogP contribution in [0.5, 0.6) is 0 Å². The largest absolute Gasteiger partial charge is 0.376 e. The summed E-state index contributed by atoms with van der Waals surface area (Å²) in [5, 5.41) is 6.12. The molecule has 2 N–H and O–H groups in total. The Balaban J connectivity index is 1.69. The standard InChI is InChI=1S/C19H19ClN2O3/c20-14-6-3-5-13(11-14)18(23)22-17-9-2-1-8-16(17)19(24)21-12-15-7-4-10-25-15/h1-3,5-6,8-9,11,15H,4,7,10,12H2,(H,21,24)(H,22,23)/t15-/m1/s1. The lowest BCUT2D eigenvalue weighted by molar-refractivity contribution is 0.0858. The van der Waals surface area contributed by atoms with E-state index in [2.05, 4.69) is 10.6 Å². The van der Waals surface area contributed by atoms with E-state index in [1.807, 2.05) is 0 Å². The van der Waals surface area contributed by atoms with Crippen LogP contribution in [0, 0.1) is 0 Å². The van der Waals surface area contributed by atoms with Crippen molar-refractivity contribution in [2.24, 2.45) is 0 Å². The van der Waals surface area contributed by atoms with Gasteiger partial charge in [0.15, 0.2) is 0 Å². The molecule has 1 heterocycles. The minimum absolute atomic E-state index is 0.0668. The molecule has 0 bridgehead atoms. The molecule has 3 rings (SSSR count). The lowest BCUT2D eigenvalue weighted by atomic mass is 10.1. The minimum atomic E-state index is -0.318. The maximum absolute atomic E-state index is 12.5. The summed E-state index contributed by atoms with van der Waals surface area (Å²) in [5.74, 6) is -0.556. The van der Waals surface area contributed by atoms with Gasteiger partial charge in [0.25, 0.3) is 11.8 Å². The number of para-hydroxylation sites is 1. The highest BCUT2D eigenvalue weighted by Gasteiger charge is 2.18. The maximum Gasteiger partial charge on any atom is 0.255 e. The van der Waals surface area contributed by atoms with Gasteiger partial charge in [0, 0.05) is 23.7 Å². The quantitative estimate of drug-likeness (QED) is 0.859. The molecular weight excluding hydrogens is 340 g/mol. The first kappa shape index (κ1) is 17.5. The van der Waals surface area contributed by atoms with Crippen molar-refractivity contribution in [1.82, 2.24) is 5.32 Å². The van der Waals surface area contributed by atoms with Crippen molar-refractivity contribution >= 4 is 29.1 Å². The molecule has 1 aliphatic rings. The molecule has 1 saturated heterocycles. The Morgan fingerprint density at radius 3 is 2.72 bits per heavy atom. The van der Waals surface area contributed by atoms with E-state index in [9.17, 15) is 9.59 Å². The van der Waals surface area contributed by atoms with E-state index in [4.69, 9.17) is 16.3 Å². The lowest BCUT2D eigenvalue weighted by Crippen LogP contribution is -2.32. The Morgan fingerprint density at radius 1 is 1.12 bits per heavy atom. The lowest BCUT2D eigenvalue weighted by Gasteiger charge is -2.14. The number of ether oxygens (including phenoxy) is 1. The summed E-state index contributed by atoms with van der Waals surface area (Å²) in [6, 6.07) is 13.6. The molecule has 0 saturated carbocycles. The van der Waals surface area contributed by atoms with Gasteiger partial charge in [-0.05, 0) is 43.2 Å². The van der Waals surface area contributed by atoms with Crippen LogP contribution in [0.2, 0.25) is 5.02 Å². The van der Waals surface area contributed by atoms with Crippen molar-refractivity contribution in [1.29, 1.82) is 0 Å². The molecule has 2 aromatic rings. The van der Waals surface area contributed by atoms with Crippen LogP contribution >= 0.6 is 11.6 Å². The molecule has 0 radical (unpaired) electrons. The summed E-state index contributed by atoms with van der Waals surface area (Å²) in [6.45, 7) is 1.21. The SMILES string of the molecule is O=C(Nc1ccccc1C(=O)NC[C@H]1CCCO1)c1cccc(Cl)c1. The molecule has 0 spiro atoms. The zero-order valence-electron chi connectivity index (χ0n) is 13.6. The number of rotatable bonds is 5. The maximum atomic E-state index is 12.5. The molecule has 6 heteroatoms. The van der Waals surface area contributed by atoms with Gasteiger partial charge in [-0.2, -0.15) is 0 Å². The van der Waals surface area contributed by atoms with Gasteiger partial charge in [0.1, 0.15) is 0 Å². The van der Waals surface area contributed by atoms with E-state index in [0.717, 1.165) is 19.4 Å². The summed E-state index contributed by atoms with van der Waals surface area (Å²) in [7, 11) is 0. The van der Waals surface area contributed by atoms with Gasteiger partial charge in [-0.25, -0.2) is 0 Å². The average Bonchev–Trinajstić information content (AvgIpc) is 3.13. The van der Waals surface area contributed by atoms with Gasteiger partial charge in [-0.15, -0.1) is 0 Å². The van der Waals surface area contributed by atoms with E-state index in [-0.39, 0.29) is 17.9 Å². The van der Waals surface area contributed by atoms with Crippen molar-refractivity contribution in [2.45, 2.75) is 18.9 Å². The van der Waals surface area contributed by atoms with Crippen LogP contribution in [-0.4, -0.2) is 31.1 Å². The van der Waals surface area contributed by atoms with Crippen molar-refractivity contribution < 1.29 is 14.3 Å². The Bertz CT molecular complexity index is 773. The highest BCUT2D eigenvalue weighted by Crippen LogP contribution is 2.18. The predicted octanol–water partition coefficient (Wildman–Crippen LogP) is 3.50. The summed E-state index contributed by atoms with van der Waals surface area (Å²) in [4.78, 5) is 24.8. The highest BCUT2D eigenvalue weighted by molar-refractivity contribution is 6.31. The van der Waals surface area contributed by atoms with Gasteiger partial charge in [0.2, 0.25) is 0 Å². The molecule has 5 nitrogen and oxygen atoms in total. The van der Waals surface area contributed by atoms with Gasteiger partial charge in [-0.3, -0.25) is 9.59 Å². The van der Waals surface area contributed by atoms with Crippen LogP contribution < -0.4 is 10.6 Å². The van der Waals surface area contributed by atoms with Crippen molar-refractivity contribution in [3.05, 3.63) is 64.7 Å². The van der Waals surface area contributed by atoms with Crippen molar-refractivity contribution in [3.63, 3.8) is 0 Å². The summed E-state index contributed by atoms with van der Waals surface area (Å²) in [6.07, 6.45) is 2.04. The Labute approximate surface area is 151 Å². The molecule has 0 aromatic heterocycles. The zero-order chi connectivity index (χ0) is 17.6. The molecule has 1 fully saturated rings. The summed E-state index contributed by atoms with van der Waals surface area (Å²) >= 11 is 5.92. The van der Waals surface area contributed by atoms with Crippen molar-refractivity contribution in [3.8, 4) is 0 Å². The fourth-order valence-electron chi connectivity index (χ4n) is 2.72. The minimum Gasteiger partial charge on any atom is -0.376 e. The van der Waals surface area contributed by atoms with Crippen molar-refractivity contribution in [2.75, 3.05) is 18.5 Å². The molecule has 0 unspecified atom stereocenters. The number of benzene rings is 2. The predicted molar refractivity (Wildman–Crippen MR) is 97.2 cm³/mol. The number of amides is 2. The van der Waals surface area contributed by atoms with Crippen LogP contribution in [-0.2, 0) is 4.74 Å². The van der Waals surface area contributed by atoms with Crippen LogP contribution in [0.1, 0.15) is 33.6 Å². The topological polar surface area (TPSA) is 67.4 Å². The molecule has 0 aliphatic carbocycles. The van der Waals surface area contributed by atoms with E-state index >= 15 is 0 Å². The number of anilines is 1. The molecule has 25 heavy (non-hydrogen) atoms. The number of nitrogens with one attached hydrogen (secondary N) is 2. The Morgan fingerprint density at radius 2 is 1.96 bits per heavy atom. The van der Waals surface area contributed by atoms with Gasteiger partial charge < -0.3 is 15.4 Å². The van der Waals surface area contributed by atoms with Crippen LogP contribution in [0.25, 0.3) is 0 Å². The summed E-state index contributed by atoms with van der Waals surface area (Å²) < 4.78 is 5.51. The number of carbonyl (C=O) groups excluding carboxylic acids is 2. The fraction of sp³-hybridized carbons (Fsp3) is 0.263. The summed E-state index contributed by atoms with van der Waals surface area (Å²) in [5.41, 5.74) is 1.30. The number of hydrogen-bond donors (Lipinski definition) is 2. The first-order valence-corrected chi connectivity index (χ1v) is 8.57. The second kappa shape index (κ2) is 8.14. The molecule has 1 aliphatic heterocycles. The van der Waals surface area contributed by atoms with Crippen LogP contribution in [0.3, 0.4) is 0 Å². The highest BCUT2D eigenvalue weighted by atomic mass is 35.5.